The molecule has 2 amide bonds. The number of likely N-dealkylation sites (tertiary alicyclic amines) is 1. The summed E-state index contributed by atoms with van der Waals surface area (Å²) < 4.78 is 5.96. The Balaban J connectivity index is 1.56. The van der Waals surface area contributed by atoms with E-state index in [2.05, 4.69) is 10.5 Å². The second-order valence-corrected chi connectivity index (χ2v) is 7.87. The van der Waals surface area contributed by atoms with Gasteiger partial charge in [-0.05, 0) is 45.1 Å². The second kappa shape index (κ2) is 8.71. The van der Waals surface area contributed by atoms with Gasteiger partial charge in [-0.15, -0.1) is 0 Å². The number of nitro benzene ring substituents is 1. The normalized spacial score (nSPS) is 17.3. The van der Waals surface area contributed by atoms with Crippen molar-refractivity contribution in [3.63, 3.8) is 0 Å². The van der Waals surface area contributed by atoms with E-state index in [1.165, 1.54) is 24.3 Å². The summed E-state index contributed by atoms with van der Waals surface area (Å²) >= 11 is 0. The van der Waals surface area contributed by atoms with Gasteiger partial charge < -0.3 is 9.32 Å². The van der Waals surface area contributed by atoms with E-state index in [0.717, 1.165) is 49.9 Å². The molecule has 1 saturated heterocycles. The summed E-state index contributed by atoms with van der Waals surface area (Å²) in [5.41, 5.74) is 4.67. The van der Waals surface area contributed by atoms with Crippen molar-refractivity contribution in [3.05, 3.63) is 62.6 Å². The van der Waals surface area contributed by atoms with Crippen LogP contribution in [0.25, 0.3) is 0 Å². The number of hydrazone groups is 1. The van der Waals surface area contributed by atoms with Gasteiger partial charge in [0, 0.05) is 48.3 Å². The van der Waals surface area contributed by atoms with Crippen LogP contribution in [0.3, 0.4) is 0 Å². The van der Waals surface area contributed by atoms with E-state index in [1.54, 1.807) is 0 Å². The summed E-state index contributed by atoms with van der Waals surface area (Å²) in [5, 5.41) is 15.2. The van der Waals surface area contributed by atoms with Gasteiger partial charge in [-0.3, -0.25) is 19.7 Å². The smallest absolute Gasteiger partial charge is 0.289 e. The quantitative estimate of drug-likeness (QED) is 0.594. The van der Waals surface area contributed by atoms with Crippen LogP contribution in [-0.4, -0.2) is 40.4 Å². The van der Waals surface area contributed by atoms with Crippen LogP contribution in [0.5, 0.6) is 0 Å². The molecule has 31 heavy (non-hydrogen) atoms. The van der Waals surface area contributed by atoms with Gasteiger partial charge in [0.2, 0.25) is 0 Å². The highest BCUT2D eigenvalue weighted by Gasteiger charge is 2.30. The molecular formula is C22H24N4O5. The van der Waals surface area contributed by atoms with Crippen LogP contribution in [0.1, 0.15) is 69.9 Å². The number of furan rings is 1. The van der Waals surface area contributed by atoms with E-state index in [-0.39, 0.29) is 17.2 Å². The molecule has 0 radical (unpaired) electrons. The minimum atomic E-state index is -0.550. The molecule has 2 aromatic rings. The number of rotatable bonds is 4. The van der Waals surface area contributed by atoms with Crippen molar-refractivity contribution in [3.8, 4) is 0 Å². The fraction of sp³-hybridized carbons (Fsp3) is 0.409. The minimum Gasteiger partial charge on any atom is -0.455 e. The summed E-state index contributed by atoms with van der Waals surface area (Å²) in [6.45, 7) is 3.33. The Morgan fingerprint density at radius 3 is 2.68 bits per heavy atom. The Morgan fingerprint density at radius 1 is 1.16 bits per heavy atom. The SMILES string of the molecule is Cc1c(C(=O)N2CCCCC2)oc2c1/C(=N/NC(=O)c1cccc([N+](=O)[O-])c1)CCC2. The predicted octanol–water partition coefficient (Wildman–Crippen LogP) is 3.59. The topological polar surface area (TPSA) is 118 Å². The van der Waals surface area contributed by atoms with Gasteiger partial charge in [0.15, 0.2) is 5.76 Å². The summed E-state index contributed by atoms with van der Waals surface area (Å²) in [7, 11) is 0. The van der Waals surface area contributed by atoms with E-state index < -0.39 is 10.8 Å². The number of aryl methyl sites for hydroxylation is 1. The molecular weight excluding hydrogens is 400 g/mol. The van der Waals surface area contributed by atoms with Gasteiger partial charge >= 0.3 is 0 Å². The first-order valence-corrected chi connectivity index (χ1v) is 10.5. The van der Waals surface area contributed by atoms with E-state index >= 15 is 0 Å². The third-order valence-electron chi connectivity index (χ3n) is 5.77. The monoisotopic (exact) mass is 424 g/mol. The average molecular weight is 424 g/mol. The number of amides is 2. The third-order valence-corrected chi connectivity index (χ3v) is 5.77. The molecule has 2 heterocycles. The number of piperidine rings is 1. The van der Waals surface area contributed by atoms with Crippen LogP contribution in [-0.2, 0) is 6.42 Å². The molecule has 1 N–H and O–H groups in total. The number of hydrogen-bond donors (Lipinski definition) is 1. The summed E-state index contributed by atoms with van der Waals surface area (Å²) in [6.07, 6.45) is 5.28. The van der Waals surface area contributed by atoms with Crippen molar-refractivity contribution < 1.29 is 18.9 Å². The number of fused-ring (bicyclic) bond motifs is 1. The first-order valence-electron chi connectivity index (χ1n) is 10.5. The van der Waals surface area contributed by atoms with Crippen LogP contribution >= 0.6 is 0 Å². The minimum absolute atomic E-state index is 0.0911. The molecule has 4 rings (SSSR count). The van der Waals surface area contributed by atoms with Gasteiger partial charge in [-0.25, -0.2) is 5.43 Å². The predicted molar refractivity (Wildman–Crippen MR) is 113 cm³/mol. The molecule has 1 aliphatic carbocycles. The Morgan fingerprint density at radius 2 is 1.94 bits per heavy atom. The number of hydrogen-bond acceptors (Lipinski definition) is 6. The van der Waals surface area contributed by atoms with Crippen molar-refractivity contribution in [1.82, 2.24) is 10.3 Å². The molecule has 0 bridgehead atoms. The highest BCUT2D eigenvalue weighted by Crippen LogP contribution is 2.31. The number of non-ortho nitro benzene ring substituents is 1. The van der Waals surface area contributed by atoms with Gasteiger partial charge in [0.25, 0.3) is 17.5 Å². The molecule has 0 saturated carbocycles. The zero-order chi connectivity index (χ0) is 22.0. The number of carbonyl (C=O) groups is 2. The van der Waals surface area contributed by atoms with E-state index in [4.69, 9.17) is 4.42 Å². The summed E-state index contributed by atoms with van der Waals surface area (Å²) in [6, 6.07) is 5.48. The molecule has 2 aliphatic rings. The summed E-state index contributed by atoms with van der Waals surface area (Å²) in [4.78, 5) is 37.6. The molecule has 1 aliphatic heterocycles. The molecule has 0 unspecified atom stereocenters. The van der Waals surface area contributed by atoms with Crippen LogP contribution < -0.4 is 5.43 Å². The highest BCUT2D eigenvalue weighted by atomic mass is 16.6. The van der Waals surface area contributed by atoms with Crippen LogP contribution in [0, 0.1) is 17.0 Å². The van der Waals surface area contributed by atoms with Gasteiger partial charge in [-0.1, -0.05) is 6.07 Å². The van der Waals surface area contributed by atoms with Gasteiger partial charge in [-0.2, -0.15) is 5.10 Å². The third kappa shape index (κ3) is 4.21. The lowest BCUT2D eigenvalue weighted by molar-refractivity contribution is -0.384. The maximum atomic E-state index is 13.0. The standard InChI is InChI=1S/C22H24N4O5/c1-14-19-17(23-24-21(27)15-7-5-8-16(13-15)26(29)30)9-6-10-18(19)31-20(14)22(28)25-11-3-2-4-12-25/h5,7-8,13H,2-4,6,9-12H2,1H3,(H,24,27)/b23-17+. The second-order valence-electron chi connectivity index (χ2n) is 7.87. The number of benzene rings is 1. The van der Waals surface area contributed by atoms with Crippen LogP contribution in [0.4, 0.5) is 5.69 Å². The maximum absolute atomic E-state index is 13.0. The van der Waals surface area contributed by atoms with Crippen LogP contribution in [0.2, 0.25) is 0 Å². The fourth-order valence-corrected chi connectivity index (χ4v) is 4.17. The van der Waals surface area contributed by atoms with Crippen molar-refractivity contribution >= 4 is 23.2 Å². The zero-order valence-corrected chi connectivity index (χ0v) is 17.3. The van der Waals surface area contributed by atoms with E-state index in [1.807, 2.05) is 11.8 Å². The van der Waals surface area contributed by atoms with Crippen molar-refractivity contribution in [1.29, 1.82) is 0 Å². The fourth-order valence-electron chi connectivity index (χ4n) is 4.17. The van der Waals surface area contributed by atoms with E-state index in [0.29, 0.717) is 30.1 Å². The number of nitro groups is 1. The molecule has 1 aromatic heterocycles. The van der Waals surface area contributed by atoms with Crippen molar-refractivity contribution in [2.24, 2.45) is 5.10 Å². The Kier molecular flexibility index (Phi) is 5.83. The van der Waals surface area contributed by atoms with Gasteiger partial charge in [0.1, 0.15) is 5.76 Å². The molecule has 0 spiro atoms. The number of carbonyl (C=O) groups excluding carboxylic acids is 2. The lowest BCUT2D eigenvalue weighted by Gasteiger charge is -2.25. The largest absolute Gasteiger partial charge is 0.455 e. The molecule has 0 atom stereocenters. The first-order chi connectivity index (χ1) is 15.0. The molecule has 9 heteroatoms. The summed E-state index contributed by atoms with van der Waals surface area (Å²) in [5.74, 6) is 0.444. The number of nitrogens with one attached hydrogen (secondary N) is 1. The Hall–Kier alpha value is -3.49. The molecule has 9 nitrogen and oxygen atoms in total. The molecule has 1 aromatic carbocycles. The van der Waals surface area contributed by atoms with Gasteiger partial charge in [0.05, 0.1) is 10.6 Å². The van der Waals surface area contributed by atoms with E-state index in [9.17, 15) is 19.7 Å². The first kappa shape index (κ1) is 20.8. The Labute approximate surface area is 179 Å². The van der Waals surface area contributed by atoms with Crippen LogP contribution in [0.15, 0.2) is 33.8 Å². The van der Waals surface area contributed by atoms with Crippen molar-refractivity contribution in [2.45, 2.75) is 45.4 Å². The average Bonchev–Trinajstić information content (AvgIpc) is 3.14. The molecule has 162 valence electrons. The maximum Gasteiger partial charge on any atom is 0.289 e. The number of nitrogens with zero attached hydrogens (tertiary/aromatic N) is 3. The molecule has 1 fully saturated rings. The lowest BCUT2D eigenvalue weighted by atomic mass is 9.93. The zero-order valence-electron chi connectivity index (χ0n) is 17.3. The van der Waals surface area contributed by atoms with Crippen molar-refractivity contribution in [2.75, 3.05) is 13.1 Å². The highest BCUT2D eigenvalue weighted by molar-refractivity contribution is 6.07. The Bertz CT molecular complexity index is 1070. The lowest BCUT2D eigenvalue weighted by Crippen LogP contribution is -2.35.